The van der Waals surface area contributed by atoms with E-state index in [4.69, 9.17) is 9.97 Å². The highest BCUT2D eigenvalue weighted by molar-refractivity contribution is 5.97. The lowest BCUT2D eigenvalue weighted by molar-refractivity contribution is 0.220. The minimum absolute atomic E-state index is 0.753. The Morgan fingerprint density at radius 3 is 2.61 bits per heavy atom. The topological polar surface area (TPSA) is 92.9 Å². The van der Waals surface area contributed by atoms with Crippen molar-refractivity contribution in [2.75, 3.05) is 51.2 Å². The summed E-state index contributed by atoms with van der Waals surface area (Å²) in [4.78, 5) is 25.0. The number of nitrogens with one attached hydrogen (secondary N) is 2. The van der Waals surface area contributed by atoms with Crippen molar-refractivity contribution in [1.29, 1.82) is 0 Å². The molecule has 1 aromatic carbocycles. The number of piperazine rings is 1. The quantitative estimate of drug-likeness (QED) is 0.366. The molecule has 7 rings (SSSR count). The van der Waals surface area contributed by atoms with Crippen molar-refractivity contribution in [3.05, 3.63) is 54.5 Å². The summed E-state index contributed by atoms with van der Waals surface area (Å²) < 4.78 is 0. The highest BCUT2D eigenvalue weighted by Gasteiger charge is 2.21. The molecule has 0 spiro atoms. The number of benzene rings is 1. The van der Waals surface area contributed by atoms with Gasteiger partial charge in [-0.3, -0.25) is 15.0 Å². The van der Waals surface area contributed by atoms with Gasteiger partial charge >= 0.3 is 0 Å². The van der Waals surface area contributed by atoms with Gasteiger partial charge < -0.3 is 14.8 Å². The van der Waals surface area contributed by atoms with Crippen LogP contribution in [0.25, 0.3) is 44.6 Å². The van der Waals surface area contributed by atoms with Gasteiger partial charge in [0.05, 0.1) is 11.0 Å². The molecule has 0 unspecified atom stereocenters. The molecule has 9 nitrogen and oxygen atoms in total. The van der Waals surface area contributed by atoms with E-state index in [-0.39, 0.29) is 0 Å². The molecule has 0 atom stereocenters. The van der Waals surface area contributed by atoms with Crippen LogP contribution < -0.4 is 4.90 Å². The number of hydrogen-bond donors (Lipinski definition) is 2. The summed E-state index contributed by atoms with van der Waals surface area (Å²) in [5.74, 6) is 1.69. The SMILES string of the molecule is CN1CCN(c2nccc3[nH]c(-c4n[nH]c5ccc(-c6cncc(CN7CCCCC7)c6)cc45)nc23)CC1. The van der Waals surface area contributed by atoms with Gasteiger partial charge in [0.1, 0.15) is 11.2 Å². The van der Waals surface area contributed by atoms with Crippen LogP contribution >= 0.6 is 0 Å². The second-order valence-corrected chi connectivity index (χ2v) is 10.7. The van der Waals surface area contributed by atoms with E-state index in [0.29, 0.717) is 0 Å². The Labute approximate surface area is 221 Å². The molecule has 0 radical (unpaired) electrons. The number of aromatic amines is 2. The van der Waals surface area contributed by atoms with Crippen molar-refractivity contribution in [1.82, 2.24) is 39.9 Å². The van der Waals surface area contributed by atoms with Gasteiger partial charge in [-0.25, -0.2) is 9.97 Å². The van der Waals surface area contributed by atoms with Crippen molar-refractivity contribution < 1.29 is 0 Å². The predicted octanol–water partition coefficient (Wildman–Crippen LogP) is 4.30. The van der Waals surface area contributed by atoms with E-state index in [2.05, 4.69) is 66.2 Å². The maximum absolute atomic E-state index is 5.01. The summed E-state index contributed by atoms with van der Waals surface area (Å²) in [6.45, 7) is 7.26. The molecular weight excluding hydrogens is 474 g/mol. The van der Waals surface area contributed by atoms with E-state index < -0.39 is 0 Å². The maximum Gasteiger partial charge on any atom is 0.159 e. The molecule has 6 heterocycles. The zero-order valence-corrected chi connectivity index (χ0v) is 21.8. The molecule has 2 N–H and O–H groups in total. The summed E-state index contributed by atoms with van der Waals surface area (Å²) in [7, 11) is 2.16. The third-order valence-corrected chi connectivity index (χ3v) is 7.95. The van der Waals surface area contributed by atoms with Crippen LogP contribution in [0.4, 0.5) is 5.82 Å². The summed E-state index contributed by atoms with van der Waals surface area (Å²) >= 11 is 0. The van der Waals surface area contributed by atoms with E-state index in [9.17, 15) is 0 Å². The van der Waals surface area contributed by atoms with Gasteiger partial charge in [0.25, 0.3) is 0 Å². The average molecular weight is 508 g/mol. The van der Waals surface area contributed by atoms with Crippen molar-refractivity contribution in [2.45, 2.75) is 25.8 Å². The molecule has 0 amide bonds. The van der Waals surface area contributed by atoms with Gasteiger partial charge in [-0.2, -0.15) is 5.10 Å². The minimum atomic E-state index is 0.753. The highest BCUT2D eigenvalue weighted by Crippen LogP contribution is 2.32. The number of likely N-dealkylation sites (tertiary alicyclic amines) is 1. The molecule has 4 aromatic heterocycles. The van der Waals surface area contributed by atoms with Crippen LogP contribution in [0.3, 0.4) is 0 Å². The number of imidazole rings is 1. The Kier molecular flexibility index (Phi) is 6.02. The average Bonchev–Trinajstić information content (AvgIpc) is 3.58. The Hall–Kier alpha value is -3.82. The first-order chi connectivity index (χ1) is 18.7. The molecule has 5 aromatic rings. The van der Waals surface area contributed by atoms with Crippen LogP contribution in [0.2, 0.25) is 0 Å². The second-order valence-electron chi connectivity index (χ2n) is 10.7. The number of likely N-dealkylation sites (N-methyl/N-ethyl adjacent to an activating group) is 1. The third kappa shape index (κ3) is 4.41. The lowest BCUT2D eigenvalue weighted by atomic mass is 10.0. The molecule has 194 valence electrons. The molecule has 0 bridgehead atoms. The summed E-state index contributed by atoms with van der Waals surface area (Å²) in [5, 5.41) is 8.89. The number of pyridine rings is 2. The monoisotopic (exact) mass is 507 g/mol. The second kappa shape index (κ2) is 9.81. The van der Waals surface area contributed by atoms with Crippen LogP contribution in [-0.2, 0) is 6.54 Å². The van der Waals surface area contributed by atoms with Gasteiger partial charge in [0.15, 0.2) is 11.6 Å². The fraction of sp³-hybridized carbons (Fsp3) is 0.379. The number of hydrogen-bond acceptors (Lipinski definition) is 7. The predicted molar refractivity (Wildman–Crippen MR) is 151 cm³/mol. The molecular formula is C29H33N9. The largest absolute Gasteiger partial charge is 0.352 e. The van der Waals surface area contributed by atoms with Crippen LogP contribution in [0, 0.1) is 0 Å². The summed E-state index contributed by atoms with van der Waals surface area (Å²) in [6, 6.07) is 10.7. The Morgan fingerprint density at radius 2 is 1.74 bits per heavy atom. The summed E-state index contributed by atoms with van der Waals surface area (Å²) in [5.41, 5.74) is 7.19. The highest BCUT2D eigenvalue weighted by atomic mass is 15.3. The number of piperidine rings is 1. The normalized spacial score (nSPS) is 17.6. The zero-order chi connectivity index (χ0) is 25.5. The fourth-order valence-corrected chi connectivity index (χ4v) is 5.76. The van der Waals surface area contributed by atoms with Gasteiger partial charge in [-0.05, 0) is 68.4 Å². The van der Waals surface area contributed by atoms with Crippen molar-refractivity contribution in [2.24, 2.45) is 0 Å². The fourth-order valence-electron chi connectivity index (χ4n) is 5.76. The van der Waals surface area contributed by atoms with Crippen molar-refractivity contribution in [3.8, 4) is 22.6 Å². The molecule has 0 aliphatic carbocycles. The zero-order valence-electron chi connectivity index (χ0n) is 21.8. The lowest BCUT2D eigenvalue weighted by Gasteiger charge is -2.33. The molecule has 38 heavy (non-hydrogen) atoms. The third-order valence-electron chi connectivity index (χ3n) is 7.95. The van der Waals surface area contributed by atoms with Gasteiger partial charge in [-0.1, -0.05) is 12.5 Å². The first kappa shape index (κ1) is 23.3. The van der Waals surface area contributed by atoms with Crippen molar-refractivity contribution in [3.63, 3.8) is 0 Å². The standard InChI is InChI=1S/C29H33N9/c1-36-11-13-38(14-12-36)29-27-25(7-8-31-29)32-28(33-27)26-23-16-21(5-6-24(23)34-35-26)22-15-20(17-30-18-22)19-37-9-3-2-4-10-37/h5-8,15-18H,2-4,9-14,19H2,1H3,(H,32,33)(H,34,35). The van der Waals surface area contributed by atoms with E-state index in [1.807, 2.05) is 24.7 Å². The summed E-state index contributed by atoms with van der Waals surface area (Å²) in [6.07, 6.45) is 9.75. The molecule has 0 saturated carbocycles. The van der Waals surface area contributed by atoms with E-state index >= 15 is 0 Å². The van der Waals surface area contributed by atoms with Crippen LogP contribution in [-0.4, -0.2) is 86.2 Å². The Morgan fingerprint density at radius 1 is 0.868 bits per heavy atom. The number of aromatic nitrogens is 6. The number of nitrogens with zero attached hydrogens (tertiary/aromatic N) is 7. The van der Waals surface area contributed by atoms with E-state index in [1.54, 1.807) is 0 Å². The smallest absolute Gasteiger partial charge is 0.159 e. The Balaban J connectivity index is 1.22. The van der Waals surface area contributed by atoms with E-state index in [0.717, 1.165) is 83.1 Å². The first-order valence-corrected chi connectivity index (χ1v) is 13.6. The molecule has 2 fully saturated rings. The van der Waals surface area contributed by atoms with Gasteiger partial charge in [0, 0.05) is 62.3 Å². The van der Waals surface area contributed by atoms with Crippen LogP contribution in [0.1, 0.15) is 24.8 Å². The molecule has 2 aliphatic rings. The number of anilines is 1. The van der Waals surface area contributed by atoms with E-state index in [1.165, 1.54) is 37.9 Å². The minimum Gasteiger partial charge on any atom is -0.352 e. The Bertz CT molecular complexity index is 1570. The molecule has 9 heteroatoms. The van der Waals surface area contributed by atoms with Gasteiger partial charge in [-0.15, -0.1) is 0 Å². The van der Waals surface area contributed by atoms with Crippen LogP contribution in [0.15, 0.2) is 48.9 Å². The number of fused-ring (bicyclic) bond motifs is 2. The van der Waals surface area contributed by atoms with Crippen LogP contribution in [0.5, 0.6) is 0 Å². The molecule has 2 aliphatic heterocycles. The van der Waals surface area contributed by atoms with Crippen molar-refractivity contribution >= 4 is 27.8 Å². The van der Waals surface area contributed by atoms with Gasteiger partial charge in [0.2, 0.25) is 0 Å². The lowest BCUT2D eigenvalue weighted by Crippen LogP contribution is -2.44. The maximum atomic E-state index is 5.01. The number of rotatable bonds is 5. The number of H-pyrrole nitrogens is 2. The first-order valence-electron chi connectivity index (χ1n) is 13.6. The molecule has 2 saturated heterocycles.